The molecule has 0 saturated heterocycles. The molecule has 0 unspecified atom stereocenters. The first-order valence-electron chi connectivity index (χ1n) is 7.44. The second kappa shape index (κ2) is 8.20. The molecule has 2 aromatic rings. The summed E-state index contributed by atoms with van der Waals surface area (Å²) < 4.78 is 5.24. The average molecular weight is 305 g/mol. The van der Waals surface area contributed by atoms with Crippen LogP contribution in [0.2, 0.25) is 0 Å². The van der Waals surface area contributed by atoms with Crippen LogP contribution in [0.3, 0.4) is 0 Å². The van der Waals surface area contributed by atoms with Crippen molar-refractivity contribution in [2.45, 2.75) is 56.8 Å². The van der Waals surface area contributed by atoms with E-state index in [1.54, 1.807) is 11.8 Å². The van der Waals surface area contributed by atoms with Gasteiger partial charge in [0.25, 0.3) is 0 Å². The normalized spacial score (nSPS) is 11.2. The van der Waals surface area contributed by atoms with Gasteiger partial charge in [-0.25, -0.2) is 0 Å². The highest BCUT2D eigenvalue weighted by Crippen LogP contribution is 2.22. The van der Waals surface area contributed by atoms with E-state index in [4.69, 9.17) is 4.52 Å². The Morgan fingerprint density at radius 2 is 2.00 bits per heavy atom. The third kappa shape index (κ3) is 5.52. The molecule has 0 aliphatic carbocycles. The molecule has 4 nitrogen and oxygen atoms in total. The van der Waals surface area contributed by atoms with Crippen LogP contribution in [0.5, 0.6) is 0 Å². The van der Waals surface area contributed by atoms with Gasteiger partial charge in [-0.1, -0.05) is 38.1 Å². The van der Waals surface area contributed by atoms with E-state index in [9.17, 15) is 0 Å². The molecule has 0 spiro atoms. The Kier molecular flexibility index (Phi) is 6.26. The molecular weight excluding hydrogens is 282 g/mol. The molecule has 0 radical (unpaired) electrons. The number of nitrogens with one attached hydrogen (secondary N) is 1. The van der Waals surface area contributed by atoms with E-state index in [2.05, 4.69) is 60.5 Å². The predicted molar refractivity (Wildman–Crippen MR) is 86.3 cm³/mol. The number of thioether (sulfide) groups is 1. The highest BCUT2D eigenvalue weighted by Gasteiger charge is 2.06. The van der Waals surface area contributed by atoms with E-state index in [1.165, 1.54) is 10.5 Å². The van der Waals surface area contributed by atoms with Crippen LogP contribution in [0.4, 0.5) is 0 Å². The van der Waals surface area contributed by atoms with Crippen LogP contribution in [-0.4, -0.2) is 16.2 Å². The van der Waals surface area contributed by atoms with Crippen LogP contribution in [0.1, 0.15) is 44.5 Å². The van der Waals surface area contributed by atoms with Crippen LogP contribution in [0, 0.1) is 0 Å². The zero-order valence-corrected chi connectivity index (χ0v) is 13.7. The lowest BCUT2D eigenvalue weighted by molar-refractivity contribution is 0.384. The van der Waals surface area contributed by atoms with Crippen LogP contribution >= 0.6 is 11.8 Å². The second-order valence-electron chi connectivity index (χ2n) is 5.32. The third-order valence-corrected chi connectivity index (χ3v) is 3.98. The Bertz CT molecular complexity index is 537. The SMILES string of the molecule is CCCc1noc(CSc2ccc(CNC(C)C)cc2)n1. The van der Waals surface area contributed by atoms with E-state index < -0.39 is 0 Å². The minimum atomic E-state index is 0.508. The van der Waals surface area contributed by atoms with Gasteiger partial charge < -0.3 is 9.84 Å². The van der Waals surface area contributed by atoms with Gasteiger partial charge in [-0.2, -0.15) is 4.98 Å². The molecule has 1 heterocycles. The number of benzene rings is 1. The molecule has 1 aromatic heterocycles. The number of hydrogen-bond donors (Lipinski definition) is 1. The second-order valence-corrected chi connectivity index (χ2v) is 6.37. The molecule has 5 heteroatoms. The van der Waals surface area contributed by atoms with E-state index >= 15 is 0 Å². The van der Waals surface area contributed by atoms with Crippen molar-refractivity contribution in [3.8, 4) is 0 Å². The molecule has 0 amide bonds. The van der Waals surface area contributed by atoms with Gasteiger partial charge in [0.15, 0.2) is 5.82 Å². The van der Waals surface area contributed by atoms with Gasteiger partial charge >= 0.3 is 0 Å². The summed E-state index contributed by atoms with van der Waals surface area (Å²) in [4.78, 5) is 5.59. The van der Waals surface area contributed by atoms with Crippen molar-refractivity contribution in [1.82, 2.24) is 15.5 Å². The fourth-order valence-corrected chi connectivity index (χ4v) is 2.58. The van der Waals surface area contributed by atoms with Crippen molar-refractivity contribution in [3.05, 3.63) is 41.5 Å². The zero-order chi connectivity index (χ0) is 15.1. The Balaban J connectivity index is 1.82. The van der Waals surface area contributed by atoms with Crippen molar-refractivity contribution >= 4 is 11.8 Å². The quantitative estimate of drug-likeness (QED) is 0.752. The standard InChI is InChI=1S/C16H23N3OS/c1-4-5-15-18-16(20-19-15)11-21-14-8-6-13(7-9-14)10-17-12(2)3/h6-9,12,17H,4-5,10-11H2,1-3H3. The highest BCUT2D eigenvalue weighted by atomic mass is 32.2. The molecule has 0 atom stereocenters. The summed E-state index contributed by atoms with van der Waals surface area (Å²) in [6, 6.07) is 9.12. The van der Waals surface area contributed by atoms with E-state index in [0.29, 0.717) is 11.9 Å². The average Bonchev–Trinajstić information content (AvgIpc) is 2.92. The number of rotatable bonds is 8. The minimum absolute atomic E-state index is 0.508. The summed E-state index contributed by atoms with van der Waals surface area (Å²) in [5.74, 6) is 2.23. The molecule has 0 fully saturated rings. The van der Waals surface area contributed by atoms with E-state index in [0.717, 1.165) is 31.0 Å². The lowest BCUT2D eigenvalue weighted by Gasteiger charge is -2.08. The Hall–Kier alpha value is -1.33. The third-order valence-electron chi connectivity index (χ3n) is 2.98. The largest absolute Gasteiger partial charge is 0.338 e. The molecular formula is C16H23N3OS. The molecule has 0 bridgehead atoms. The maximum Gasteiger partial charge on any atom is 0.237 e. The Morgan fingerprint density at radius 1 is 1.24 bits per heavy atom. The van der Waals surface area contributed by atoms with Crippen LogP contribution in [0.15, 0.2) is 33.7 Å². The monoisotopic (exact) mass is 305 g/mol. The van der Waals surface area contributed by atoms with Gasteiger partial charge in [0.2, 0.25) is 5.89 Å². The van der Waals surface area contributed by atoms with Gasteiger partial charge in [0.1, 0.15) is 0 Å². The van der Waals surface area contributed by atoms with Gasteiger partial charge in [-0.3, -0.25) is 0 Å². The van der Waals surface area contributed by atoms with Crippen molar-refractivity contribution in [2.75, 3.05) is 0 Å². The van der Waals surface area contributed by atoms with Gasteiger partial charge in [-0.15, -0.1) is 11.8 Å². The minimum Gasteiger partial charge on any atom is -0.338 e. The molecule has 0 aliphatic heterocycles. The van der Waals surface area contributed by atoms with Crippen LogP contribution < -0.4 is 5.32 Å². The number of aryl methyl sites for hydroxylation is 1. The maximum absolute atomic E-state index is 5.24. The van der Waals surface area contributed by atoms with Crippen molar-refractivity contribution in [3.63, 3.8) is 0 Å². The molecule has 0 aliphatic rings. The van der Waals surface area contributed by atoms with E-state index in [1.807, 2.05) is 0 Å². The molecule has 2 rings (SSSR count). The zero-order valence-electron chi connectivity index (χ0n) is 12.9. The fraction of sp³-hybridized carbons (Fsp3) is 0.500. The lowest BCUT2D eigenvalue weighted by atomic mass is 10.2. The van der Waals surface area contributed by atoms with Crippen molar-refractivity contribution < 1.29 is 4.52 Å². The molecule has 0 saturated carbocycles. The summed E-state index contributed by atoms with van der Waals surface area (Å²) in [5.41, 5.74) is 1.30. The number of nitrogens with zero attached hydrogens (tertiary/aromatic N) is 2. The lowest BCUT2D eigenvalue weighted by Crippen LogP contribution is -2.21. The molecule has 21 heavy (non-hydrogen) atoms. The highest BCUT2D eigenvalue weighted by molar-refractivity contribution is 7.98. The smallest absolute Gasteiger partial charge is 0.237 e. The first-order chi connectivity index (χ1) is 10.2. The maximum atomic E-state index is 5.24. The Morgan fingerprint density at radius 3 is 2.67 bits per heavy atom. The van der Waals surface area contributed by atoms with Crippen LogP contribution in [0.25, 0.3) is 0 Å². The van der Waals surface area contributed by atoms with Gasteiger partial charge in [-0.05, 0) is 24.1 Å². The van der Waals surface area contributed by atoms with Crippen LogP contribution in [-0.2, 0) is 18.7 Å². The summed E-state index contributed by atoms with van der Waals surface area (Å²) in [5, 5.41) is 7.38. The first-order valence-corrected chi connectivity index (χ1v) is 8.42. The van der Waals surface area contributed by atoms with Gasteiger partial charge in [0.05, 0.1) is 5.75 Å². The summed E-state index contributed by atoms with van der Waals surface area (Å²) in [6.45, 7) is 7.33. The summed E-state index contributed by atoms with van der Waals surface area (Å²) in [7, 11) is 0. The Labute approximate surface area is 130 Å². The number of aromatic nitrogens is 2. The molecule has 1 N–H and O–H groups in total. The fourth-order valence-electron chi connectivity index (χ4n) is 1.84. The topological polar surface area (TPSA) is 51.0 Å². The van der Waals surface area contributed by atoms with E-state index in [-0.39, 0.29) is 0 Å². The summed E-state index contributed by atoms with van der Waals surface area (Å²) in [6.07, 6.45) is 1.92. The predicted octanol–water partition coefficient (Wildman–Crippen LogP) is 3.81. The first kappa shape index (κ1) is 16.0. The molecule has 1 aromatic carbocycles. The summed E-state index contributed by atoms with van der Waals surface area (Å²) >= 11 is 1.72. The molecule has 114 valence electrons. The number of hydrogen-bond acceptors (Lipinski definition) is 5. The van der Waals surface area contributed by atoms with Gasteiger partial charge in [0, 0.05) is 23.9 Å². The van der Waals surface area contributed by atoms with Crippen molar-refractivity contribution in [1.29, 1.82) is 0 Å². The van der Waals surface area contributed by atoms with Crippen molar-refractivity contribution in [2.24, 2.45) is 0 Å².